The molecule has 0 bridgehead atoms. The number of amidine groups is 1. The average molecular weight is 417 g/mol. The van der Waals surface area contributed by atoms with Crippen molar-refractivity contribution in [1.82, 2.24) is 4.90 Å². The van der Waals surface area contributed by atoms with E-state index in [1.54, 1.807) is 23.1 Å². The Kier molecular flexibility index (Phi) is 6.31. The normalized spacial score (nSPS) is 17.0. The minimum atomic E-state index is -0.120. The van der Waals surface area contributed by atoms with Crippen LogP contribution in [0, 0.1) is 0 Å². The van der Waals surface area contributed by atoms with Crippen LogP contribution in [-0.4, -0.2) is 34.7 Å². The number of para-hydroxylation sites is 1. The zero-order valence-electron chi connectivity index (χ0n) is 15.9. The van der Waals surface area contributed by atoms with Crippen molar-refractivity contribution in [1.29, 1.82) is 0 Å². The number of ether oxygens (including phenoxy) is 1. The monoisotopic (exact) mass is 416 g/mol. The molecule has 1 saturated heterocycles. The van der Waals surface area contributed by atoms with E-state index in [0.29, 0.717) is 22.2 Å². The standard InChI is InChI=1S/C21H21ClN2O3S/c1-4-14-8-6-7-9-16(14)23-21-24(5-2)20(26)18(28-21)12-13-10-15(22)19(25)17(11-13)27-3/h6-12,25H,4-5H2,1-3H3/b18-12+,23-21?. The molecule has 7 heteroatoms. The fourth-order valence-electron chi connectivity index (χ4n) is 2.88. The van der Waals surface area contributed by atoms with Gasteiger partial charge >= 0.3 is 0 Å². The topological polar surface area (TPSA) is 62.1 Å². The third-order valence-electron chi connectivity index (χ3n) is 4.36. The lowest BCUT2D eigenvalue weighted by Crippen LogP contribution is -2.28. The SMILES string of the molecule is CCc1ccccc1N=C1S/C(=C/c2cc(Cl)c(O)c(OC)c2)C(=O)N1CC. The summed E-state index contributed by atoms with van der Waals surface area (Å²) in [5, 5.41) is 10.7. The van der Waals surface area contributed by atoms with Gasteiger partial charge in [-0.2, -0.15) is 0 Å². The molecule has 1 N–H and O–H groups in total. The maximum atomic E-state index is 12.8. The number of rotatable bonds is 5. The van der Waals surface area contributed by atoms with E-state index in [9.17, 15) is 9.90 Å². The molecule has 0 aliphatic carbocycles. The van der Waals surface area contributed by atoms with Gasteiger partial charge in [0.25, 0.3) is 5.91 Å². The number of nitrogens with zero attached hydrogens (tertiary/aromatic N) is 2. The summed E-state index contributed by atoms with van der Waals surface area (Å²) >= 11 is 7.38. The summed E-state index contributed by atoms with van der Waals surface area (Å²) < 4.78 is 5.14. The lowest BCUT2D eigenvalue weighted by molar-refractivity contribution is -0.122. The first-order valence-electron chi connectivity index (χ1n) is 8.93. The molecule has 1 aliphatic rings. The van der Waals surface area contributed by atoms with Crippen LogP contribution in [0.2, 0.25) is 5.02 Å². The van der Waals surface area contributed by atoms with Gasteiger partial charge in [0, 0.05) is 6.54 Å². The molecular formula is C21H21ClN2O3S. The first-order valence-corrected chi connectivity index (χ1v) is 10.1. The molecule has 0 unspecified atom stereocenters. The Hall–Kier alpha value is -2.44. The Morgan fingerprint density at radius 3 is 2.71 bits per heavy atom. The molecule has 0 saturated carbocycles. The summed E-state index contributed by atoms with van der Waals surface area (Å²) in [6.45, 7) is 4.52. The number of hydrogen-bond acceptors (Lipinski definition) is 5. The van der Waals surface area contributed by atoms with Crippen molar-refractivity contribution in [2.45, 2.75) is 20.3 Å². The molecule has 1 fully saturated rings. The molecule has 1 aliphatic heterocycles. The number of halogens is 1. The van der Waals surface area contributed by atoms with Gasteiger partial charge in [0.15, 0.2) is 16.7 Å². The predicted molar refractivity (Wildman–Crippen MR) is 116 cm³/mol. The molecule has 2 aromatic rings. The third kappa shape index (κ3) is 4.03. The van der Waals surface area contributed by atoms with Crippen molar-refractivity contribution >= 4 is 46.2 Å². The van der Waals surface area contributed by atoms with E-state index in [-0.39, 0.29) is 22.4 Å². The van der Waals surface area contributed by atoms with Gasteiger partial charge in [0.2, 0.25) is 0 Å². The van der Waals surface area contributed by atoms with Crippen LogP contribution in [-0.2, 0) is 11.2 Å². The molecule has 0 atom stereocenters. The van der Waals surface area contributed by atoms with Crippen LogP contribution in [0.3, 0.4) is 0 Å². The van der Waals surface area contributed by atoms with E-state index >= 15 is 0 Å². The van der Waals surface area contributed by atoms with Crippen LogP contribution in [0.15, 0.2) is 46.3 Å². The minimum Gasteiger partial charge on any atom is -0.503 e. The minimum absolute atomic E-state index is 0.108. The van der Waals surface area contributed by atoms with Crippen molar-refractivity contribution in [3.8, 4) is 11.5 Å². The number of hydrogen-bond donors (Lipinski definition) is 1. The van der Waals surface area contributed by atoms with E-state index in [1.807, 2.05) is 31.2 Å². The van der Waals surface area contributed by atoms with Gasteiger partial charge in [0.1, 0.15) is 0 Å². The van der Waals surface area contributed by atoms with Gasteiger partial charge < -0.3 is 9.84 Å². The van der Waals surface area contributed by atoms with Gasteiger partial charge in [-0.05, 0) is 60.5 Å². The Bertz CT molecular complexity index is 972. The molecule has 3 rings (SSSR count). The van der Waals surface area contributed by atoms with Crippen LogP contribution in [0.4, 0.5) is 5.69 Å². The summed E-state index contributed by atoms with van der Waals surface area (Å²) in [4.78, 5) is 19.8. The summed E-state index contributed by atoms with van der Waals surface area (Å²) in [6.07, 6.45) is 2.60. The largest absolute Gasteiger partial charge is 0.503 e. The number of methoxy groups -OCH3 is 1. The van der Waals surface area contributed by atoms with Gasteiger partial charge in [-0.25, -0.2) is 4.99 Å². The van der Waals surface area contributed by atoms with Crippen LogP contribution >= 0.6 is 23.4 Å². The number of amides is 1. The summed E-state index contributed by atoms with van der Waals surface area (Å²) in [7, 11) is 1.45. The Labute approximate surface area is 173 Å². The van der Waals surface area contributed by atoms with Crippen molar-refractivity contribution in [3.05, 3.63) is 57.5 Å². The third-order valence-corrected chi connectivity index (χ3v) is 5.66. The quantitative estimate of drug-likeness (QED) is 0.677. The highest BCUT2D eigenvalue weighted by atomic mass is 35.5. The Morgan fingerprint density at radius 1 is 1.29 bits per heavy atom. The number of phenols is 1. The van der Waals surface area contributed by atoms with E-state index in [1.165, 1.54) is 18.9 Å². The number of carbonyl (C=O) groups is 1. The molecule has 0 spiro atoms. The zero-order chi connectivity index (χ0) is 20.3. The van der Waals surface area contributed by atoms with Gasteiger partial charge in [-0.1, -0.05) is 36.7 Å². The van der Waals surface area contributed by atoms with E-state index in [2.05, 4.69) is 6.92 Å². The number of aliphatic imine (C=N–C) groups is 1. The highest BCUT2D eigenvalue weighted by Crippen LogP contribution is 2.38. The van der Waals surface area contributed by atoms with Crippen LogP contribution in [0.25, 0.3) is 6.08 Å². The summed E-state index contributed by atoms with van der Waals surface area (Å²) in [5.74, 6) is 0.0293. The van der Waals surface area contributed by atoms with Gasteiger partial charge in [0.05, 0.1) is 22.7 Å². The predicted octanol–water partition coefficient (Wildman–Crippen LogP) is 5.24. The number of phenolic OH excluding ortho intramolecular Hbond substituents is 1. The van der Waals surface area contributed by atoms with Crippen LogP contribution in [0.5, 0.6) is 11.5 Å². The van der Waals surface area contributed by atoms with Crippen LogP contribution < -0.4 is 4.74 Å². The average Bonchev–Trinajstić information content (AvgIpc) is 2.99. The molecule has 146 valence electrons. The lowest BCUT2D eigenvalue weighted by Gasteiger charge is -2.12. The number of aromatic hydroxyl groups is 1. The molecule has 0 aromatic heterocycles. The number of likely N-dealkylation sites (N-methyl/N-ethyl adjacent to an activating group) is 1. The van der Waals surface area contributed by atoms with E-state index < -0.39 is 0 Å². The molecule has 1 amide bonds. The molecule has 28 heavy (non-hydrogen) atoms. The molecule has 1 heterocycles. The molecule has 2 aromatic carbocycles. The maximum Gasteiger partial charge on any atom is 0.266 e. The first kappa shape index (κ1) is 20.3. The van der Waals surface area contributed by atoms with Crippen molar-refractivity contribution < 1.29 is 14.6 Å². The Morgan fingerprint density at radius 2 is 2.04 bits per heavy atom. The van der Waals surface area contributed by atoms with Crippen molar-refractivity contribution in [2.75, 3.05) is 13.7 Å². The lowest BCUT2D eigenvalue weighted by atomic mass is 10.1. The number of carbonyl (C=O) groups excluding carboxylic acids is 1. The fraction of sp³-hybridized carbons (Fsp3) is 0.238. The summed E-state index contributed by atoms with van der Waals surface area (Å²) in [5.41, 5.74) is 2.67. The van der Waals surface area contributed by atoms with Gasteiger partial charge in [-0.15, -0.1) is 0 Å². The molecular weight excluding hydrogens is 396 g/mol. The number of benzene rings is 2. The molecule has 0 radical (unpaired) electrons. The highest BCUT2D eigenvalue weighted by Gasteiger charge is 2.32. The second-order valence-corrected chi connectivity index (χ2v) is 7.51. The maximum absolute atomic E-state index is 12.8. The number of aryl methyl sites for hydroxylation is 1. The van der Waals surface area contributed by atoms with Crippen molar-refractivity contribution in [2.24, 2.45) is 4.99 Å². The Balaban J connectivity index is 1.99. The van der Waals surface area contributed by atoms with Crippen LogP contribution in [0.1, 0.15) is 25.0 Å². The first-order chi connectivity index (χ1) is 13.5. The summed E-state index contributed by atoms with van der Waals surface area (Å²) in [6, 6.07) is 11.2. The zero-order valence-corrected chi connectivity index (χ0v) is 17.5. The van der Waals surface area contributed by atoms with E-state index in [0.717, 1.165) is 17.7 Å². The van der Waals surface area contributed by atoms with E-state index in [4.69, 9.17) is 21.3 Å². The second kappa shape index (κ2) is 8.71. The van der Waals surface area contributed by atoms with Crippen molar-refractivity contribution in [3.63, 3.8) is 0 Å². The highest BCUT2D eigenvalue weighted by molar-refractivity contribution is 8.18. The van der Waals surface area contributed by atoms with Gasteiger partial charge in [-0.3, -0.25) is 9.69 Å². The number of thioether (sulfide) groups is 1. The smallest absolute Gasteiger partial charge is 0.266 e. The fourth-order valence-corrected chi connectivity index (χ4v) is 4.15. The second-order valence-electron chi connectivity index (χ2n) is 6.09. The molecule has 5 nitrogen and oxygen atoms in total.